The number of halogens is 1. The van der Waals surface area contributed by atoms with E-state index >= 15 is 0 Å². The van der Waals surface area contributed by atoms with Crippen LogP contribution in [-0.4, -0.2) is 43.7 Å². The molecule has 2 heterocycles. The Morgan fingerprint density at radius 1 is 1.14 bits per heavy atom. The summed E-state index contributed by atoms with van der Waals surface area (Å²) in [7, 11) is -3.56. The molecule has 0 radical (unpaired) electrons. The molecule has 0 spiro atoms. The van der Waals surface area contributed by atoms with Gasteiger partial charge >= 0.3 is 11.8 Å². The van der Waals surface area contributed by atoms with Crippen molar-refractivity contribution >= 4 is 38.9 Å². The van der Waals surface area contributed by atoms with E-state index in [1.54, 1.807) is 23.6 Å². The maximum atomic E-state index is 13.6. The lowest BCUT2D eigenvalue weighted by molar-refractivity contribution is -0.136. The van der Waals surface area contributed by atoms with Crippen molar-refractivity contribution in [1.82, 2.24) is 9.62 Å². The zero-order chi connectivity index (χ0) is 20.9. The molecule has 29 heavy (non-hydrogen) atoms. The minimum Gasteiger partial charge on any atom is -0.348 e. The van der Waals surface area contributed by atoms with E-state index in [-0.39, 0.29) is 18.3 Å². The fourth-order valence-corrected chi connectivity index (χ4v) is 6.12. The molecule has 1 aromatic heterocycles. The third kappa shape index (κ3) is 5.20. The molecule has 1 aliphatic heterocycles. The number of hydrogen-bond donors (Lipinski definition) is 2. The first-order valence-corrected chi connectivity index (χ1v) is 11.6. The highest BCUT2D eigenvalue weighted by Crippen LogP contribution is 2.29. The number of benzene rings is 1. The number of carbonyl (C=O) groups is 2. The number of piperidine rings is 1. The van der Waals surface area contributed by atoms with Crippen molar-refractivity contribution in [3.8, 4) is 0 Å². The van der Waals surface area contributed by atoms with Gasteiger partial charge in [-0.25, -0.2) is 12.8 Å². The predicted molar refractivity (Wildman–Crippen MR) is 109 cm³/mol. The Labute approximate surface area is 173 Å². The Bertz CT molecular complexity index is 964. The molecule has 1 saturated heterocycles. The predicted octanol–water partition coefficient (Wildman–Crippen LogP) is 2.58. The van der Waals surface area contributed by atoms with Crippen LogP contribution in [0.3, 0.4) is 0 Å². The van der Waals surface area contributed by atoms with Gasteiger partial charge in [-0.2, -0.15) is 4.31 Å². The number of rotatable bonds is 6. The molecule has 2 aromatic rings. The number of thiophene rings is 1. The van der Waals surface area contributed by atoms with Crippen molar-refractivity contribution < 1.29 is 22.4 Å². The van der Waals surface area contributed by atoms with Crippen molar-refractivity contribution in [1.29, 1.82) is 0 Å². The molecule has 156 valence electrons. The van der Waals surface area contributed by atoms with Gasteiger partial charge in [-0.3, -0.25) is 9.59 Å². The van der Waals surface area contributed by atoms with Gasteiger partial charge in [-0.1, -0.05) is 24.6 Å². The normalized spacial score (nSPS) is 17.6. The first kappa shape index (κ1) is 21.4. The zero-order valence-corrected chi connectivity index (χ0v) is 17.3. The molecule has 0 aliphatic carbocycles. The van der Waals surface area contributed by atoms with E-state index < -0.39 is 27.7 Å². The number of carbonyl (C=O) groups excluding carboxylic acids is 2. The van der Waals surface area contributed by atoms with Crippen LogP contribution in [0.4, 0.5) is 10.1 Å². The van der Waals surface area contributed by atoms with Crippen LogP contribution < -0.4 is 10.6 Å². The van der Waals surface area contributed by atoms with Crippen molar-refractivity contribution in [3.63, 3.8) is 0 Å². The smallest absolute Gasteiger partial charge is 0.313 e. The highest BCUT2D eigenvalue weighted by Gasteiger charge is 2.33. The standard InChI is InChI=1S/C19H22FN3O4S2/c20-15-7-1-2-8-16(15)22-19(25)18(24)21-11-10-14-6-3-4-12-23(14)29(26,27)17-9-5-13-28-17/h1-2,5,7-9,13-14H,3-4,6,10-12H2,(H,21,24)(H,22,25)/t14-/m1/s1. The molecule has 2 N–H and O–H groups in total. The molecular formula is C19H22FN3O4S2. The summed E-state index contributed by atoms with van der Waals surface area (Å²) in [5.41, 5.74) is -0.0758. The largest absolute Gasteiger partial charge is 0.348 e. The maximum Gasteiger partial charge on any atom is 0.313 e. The van der Waals surface area contributed by atoms with Crippen molar-refractivity contribution in [2.45, 2.75) is 35.9 Å². The van der Waals surface area contributed by atoms with Gasteiger partial charge in [-0.15, -0.1) is 11.3 Å². The van der Waals surface area contributed by atoms with Gasteiger partial charge in [0.1, 0.15) is 10.0 Å². The molecule has 7 nitrogen and oxygen atoms in total. The molecule has 0 bridgehead atoms. The zero-order valence-electron chi connectivity index (χ0n) is 15.6. The van der Waals surface area contributed by atoms with Gasteiger partial charge in [0, 0.05) is 19.1 Å². The first-order valence-electron chi connectivity index (χ1n) is 9.28. The molecule has 2 amide bonds. The topological polar surface area (TPSA) is 95.6 Å². The number of sulfonamides is 1. The summed E-state index contributed by atoms with van der Waals surface area (Å²) in [4.78, 5) is 23.9. The Hall–Kier alpha value is -2.30. The molecule has 0 unspecified atom stereocenters. The lowest BCUT2D eigenvalue weighted by Crippen LogP contribution is -2.45. The number of anilines is 1. The number of amides is 2. The van der Waals surface area contributed by atoms with Gasteiger partial charge < -0.3 is 10.6 Å². The highest BCUT2D eigenvalue weighted by molar-refractivity contribution is 7.91. The second kappa shape index (κ2) is 9.47. The Balaban J connectivity index is 1.55. The second-order valence-corrected chi connectivity index (χ2v) is 9.74. The molecule has 1 aliphatic rings. The van der Waals surface area contributed by atoms with Crippen molar-refractivity contribution in [2.75, 3.05) is 18.4 Å². The fourth-order valence-electron chi connectivity index (χ4n) is 3.28. The third-order valence-electron chi connectivity index (χ3n) is 4.72. The summed E-state index contributed by atoms with van der Waals surface area (Å²) in [5, 5.41) is 6.43. The molecule has 0 saturated carbocycles. The van der Waals surface area contributed by atoms with Gasteiger partial charge in [0.2, 0.25) is 0 Å². The minimum atomic E-state index is -3.56. The minimum absolute atomic E-state index is 0.0758. The lowest BCUT2D eigenvalue weighted by Gasteiger charge is -2.34. The van der Waals surface area contributed by atoms with Crippen LogP contribution in [-0.2, 0) is 19.6 Å². The van der Waals surface area contributed by atoms with Gasteiger partial charge in [-0.05, 0) is 42.8 Å². The molecule has 1 aromatic carbocycles. The first-order chi connectivity index (χ1) is 13.9. The van der Waals surface area contributed by atoms with Gasteiger partial charge in [0.05, 0.1) is 5.69 Å². The Kier molecular flexibility index (Phi) is 6.99. The number of hydrogen-bond acceptors (Lipinski definition) is 5. The van der Waals surface area contributed by atoms with E-state index in [2.05, 4.69) is 10.6 Å². The fraction of sp³-hybridized carbons (Fsp3) is 0.368. The van der Waals surface area contributed by atoms with E-state index in [9.17, 15) is 22.4 Å². The van der Waals surface area contributed by atoms with E-state index in [1.807, 2.05) is 0 Å². The summed E-state index contributed by atoms with van der Waals surface area (Å²) >= 11 is 1.18. The highest BCUT2D eigenvalue weighted by atomic mass is 32.2. The monoisotopic (exact) mass is 439 g/mol. The van der Waals surface area contributed by atoms with E-state index in [1.165, 1.54) is 33.8 Å². The molecular weight excluding hydrogens is 417 g/mol. The van der Waals surface area contributed by atoms with Crippen LogP contribution in [0.2, 0.25) is 0 Å². The molecule has 3 rings (SSSR count). The quantitative estimate of drug-likeness (QED) is 0.677. The summed E-state index contributed by atoms with van der Waals surface area (Å²) in [6, 6.07) is 8.60. The Morgan fingerprint density at radius 2 is 1.93 bits per heavy atom. The van der Waals surface area contributed by atoms with Gasteiger partial charge in [0.15, 0.2) is 0 Å². The van der Waals surface area contributed by atoms with Gasteiger partial charge in [0.25, 0.3) is 10.0 Å². The van der Waals surface area contributed by atoms with E-state index in [0.717, 1.165) is 12.8 Å². The van der Waals surface area contributed by atoms with Crippen LogP contribution in [0.15, 0.2) is 46.0 Å². The molecule has 10 heteroatoms. The van der Waals surface area contributed by atoms with Crippen LogP contribution in [0.5, 0.6) is 0 Å². The average molecular weight is 440 g/mol. The van der Waals surface area contributed by atoms with Crippen molar-refractivity contribution in [3.05, 3.63) is 47.6 Å². The van der Waals surface area contributed by atoms with E-state index in [4.69, 9.17) is 0 Å². The number of nitrogens with one attached hydrogen (secondary N) is 2. The number of nitrogens with zero attached hydrogens (tertiary/aromatic N) is 1. The van der Waals surface area contributed by atoms with Crippen LogP contribution >= 0.6 is 11.3 Å². The molecule has 1 fully saturated rings. The Morgan fingerprint density at radius 3 is 2.66 bits per heavy atom. The summed E-state index contributed by atoms with van der Waals surface area (Å²) in [5.74, 6) is -2.50. The van der Waals surface area contributed by atoms with E-state index in [0.29, 0.717) is 23.6 Å². The van der Waals surface area contributed by atoms with Crippen LogP contribution in [0, 0.1) is 5.82 Å². The summed E-state index contributed by atoms with van der Waals surface area (Å²) < 4.78 is 41.1. The summed E-state index contributed by atoms with van der Waals surface area (Å²) in [6.45, 7) is 0.581. The van der Waals surface area contributed by atoms with Crippen molar-refractivity contribution in [2.24, 2.45) is 0 Å². The molecule has 1 atom stereocenters. The SMILES string of the molecule is O=C(NCC[C@H]1CCCCN1S(=O)(=O)c1cccs1)C(=O)Nc1ccccc1F. The summed E-state index contributed by atoms with van der Waals surface area (Å²) in [6.07, 6.45) is 2.78. The lowest BCUT2D eigenvalue weighted by atomic mass is 10.0. The maximum absolute atomic E-state index is 13.6. The second-order valence-electron chi connectivity index (χ2n) is 6.68. The van der Waals surface area contributed by atoms with Crippen LogP contribution in [0.25, 0.3) is 0 Å². The average Bonchev–Trinajstić information content (AvgIpc) is 3.25. The number of para-hydroxylation sites is 1. The van der Waals surface area contributed by atoms with Crippen LogP contribution in [0.1, 0.15) is 25.7 Å². The third-order valence-corrected chi connectivity index (χ3v) is 8.05.